The van der Waals surface area contributed by atoms with Crippen molar-refractivity contribution >= 4 is 38.6 Å². The Kier molecular flexibility index (Phi) is 4.97. The van der Waals surface area contributed by atoms with Crippen molar-refractivity contribution in [1.29, 1.82) is 0 Å². The fourth-order valence-corrected chi connectivity index (χ4v) is 3.71. The number of hydrogen-bond donors (Lipinski definition) is 0. The second-order valence-corrected chi connectivity index (χ2v) is 8.56. The van der Waals surface area contributed by atoms with Crippen LogP contribution in [0.25, 0.3) is 11.6 Å². The summed E-state index contributed by atoms with van der Waals surface area (Å²) in [5, 5.41) is 1.96. The Balaban J connectivity index is 2.03. The van der Waals surface area contributed by atoms with Gasteiger partial charge in [0, 0.05) is 22.3 Å². The third-order valence-corrected chi connectivity index (χ3v) is 5.65. The highest BCUT2D eigenvalue weighted by Gasteiger charge is 2.16. The number of ketones is 1. The molecule has 3 aromatic rings. The summed E-state index contributed by atoms with van der Waals surface area (Å²) in [4.78, 5) is 14.2. The van der Waals surface area contributed by atoms with Crippen molar-refractivity contribution in [3.05, 3.63) is 88.1 Å². The van der Waals surface area contributed by atoms with Gasteiger partial charge < -0.3 is 0 Å². The van der Waals surface area contributed by atoms with Gasteiger partial charge in [-0.05, 0) is 47.4 Å². The van der Waals surface area contributed by atoms with E-state index in [4.69, 9.17) is 0 Å². The zero-order chi connectivity index (χ0) is 17.9. The van der Waals surface area contributed by atoms with Gasteiger partial charge in [0.25, 0.3) is 0 Å². The molecular weight excluding hydrogens is 352 g/mol. The highest BCUT2D eigenvalue weighted by atomic mass is 32.2. The topological polar surface area (TPSA) is 51.2 Å². The lowest BCUT2D eigenvalue weighted by Gasteiger charge is -2.08. The number of benzene rings is 2. The van der Waals surface area contributed by atoms with E-state index in [0.29, 0.717) is 11.1 Å². The van der Waals surface area contributed by atoms with Crippen LogP contribution < -0.4 is 0 Å². The number of allylic oxidation sites excluding steroid dienone is 1. The molecule has 0 atom stereocenters. The molecule has 0 unspecified atom stereocenters. The molecular formula is C20H16O3S2. The first-order valence-electron chi connectivity index (χ1n) is 7.60. The molecule has 0 aliphatic carbocycles. The number of carbonyl (C=O) groups is 1. The number of carbonyl (C=O) groups excluding carboxylic acids is 1. The van der Waals surface area contributed by atoms with E-state index in [1.807, 2.05) is 53.9 Å². The zero-order valence-electron chi connectivity index (χ0n) is 13.5. The van der Waals surface area contributed by atoms with Gasteiger partial charge in [0.2, 0.25) is 0 Å². The Hall–Kier alpha value is -2.50. The van der Waals surface area contributed by atoms with Crippen molar-refractivity contribution in [2.75, 3.05) is 6.26 Å². The van der Waals surface area contributed by atoms with Gasteiger partial charge in [0.15, 0.2) is 15.6 Å². The molecule has 25 heavy (non-hydrogen) atoms. The minimum atomic E-state index is -3.28. The SMILES string of the molecule is CS(=O)(=O)c1ccc(C(=O)/C(=C\c2cccs2)c2ccccc2)cc1. The summed E-state index contributed by atoms with van der Waals surface area (Å²) in [6.45, 7) is 0. The minimum absolute atomic E-state index is 0.139. The van der Waals surface area contributed by atoms with Crippen LogP contribution in [0.5, 0.6) is 0 Å². The van der Waals surface area contributed by atoms with Crippen LogP contribution in [-0.4, -0.2) is 20.5 Å². The van der Waals surface area contributed by atoms with E-state index in [1.54, 1.807) is 23.5 Å². The molecule has 3 nitrogen and oxygen atoms in total. The molecule has 0 radical (unpaired) electrons. The average Bonchev–Trinajstić information content (AvgIpc) is 3.12. The second kappa shape index (κ2) is 7.17. The van der Waals surface area contributed by atoms with E-state index >= 15 is 0 Å². The molecule has 0 amide bonds. The van der Waals surface area contributed by atoms with E-state index in [1.165, 1.54) is 12.1 Å². The van der Waals surface area contributed by atoms with Gasteiger partial charge >= 0.3 is 0 Å². The monoisotopic (exact) mass is 368 g/mol. The maximum Gasteiger partial charge on any atom is 0.193 e. The summed E-state index contributed by atoms with van der Waals surface area (Å²) >= 11 is 1.56. The second-order valence-electron chi connectivity index (χ2n) is 5.57. The summed E-state index contributed by atoms with van der Waals surface area (Å²) in [7, 11) is -3.28. The Morgan fingerprint density at radius 1 is 0.880 bits per heavy atom. The Morgan fingerprint density at radius 3 is 2.12 bits per heavy atom. The molecule has 0 spiro atoms. The van der Waals surface area contributed by atoms with Gasteiger partial charge in [-0.2, -0.15) is 0 Å². The van der Waals surface area contributed by atoms with Crippen molar-refractivity contribution in [2.45, 2.75) is 4.90 Å². The van der Waals surface area contributed by atoms with Crippen LogP contribution in [0.2, 0.25) is 0 Å². The third kappa shape index (κ3) is 4.13. The van der Waals surface area contributed by atoms with E-state index in [2.05, 4.69) is 0 Å². The molecule has 0 fully saturated rings. The predicted molar refractivity (Wildman–Crippen MR) is 103 cm³/mol. The van der Waals surface area contributed by atoms with Crippen LogP contribution in [0.3, 0.4) is 0 Å². The first-order chi connectivity index (χ1) is 11.9. The highest BCUT2D eigenvalue weighted by molar-refractivity contribution is 7.90. The Bertz CT molecular complexity index is 999. The summed E-state index contributed by atoms with van der Waals surface area (Å²) < 4.78 is 23.2. The van der Waals surface area contributed by atoms with Crippen LogP contribution in [0.15, 0.2) is 77.0 Å². The Labute approximate surface area is 151 Å². The standard InChI is InChI=1S/C20H16O3S2/c1-25(22,23)18-11-9-16(10-12-18)20(21)19(14-17-8-5-13-24-17)15-6-3-2-4-7-15/h2-14H,1H3/b19-14-. The molecule has 3 rings (SSSR count). The lowest BCUT2D eigenvalue weighted by atomic mass is 9.96. The molecule has 0 saturated carbocycles. The molecule has 1 aromatic heterocycles. The quantitative estimate of drug-likeness (QED) is 0.489. The molecule has 5 heteroatoms. The van der Waals surface area contributed by atoms with Crippen molar-refractivity contribution in [1.82, 2.24) is 0 Å². The van der Waals surface area contributed by atoms with Crippen molar-refractivity contribution in [3.8, 4) is 0 Å². The molecule has 0 aliphatic rings. The van der Waals surface area contributed by atoms with Crippen molar-refractivity contribution < 1.29 is 13.2 Å². The van der Waals surface area contributed by atoms with E-state index in [0.717, 1.165) is 16.7 Å². The van der Waals surface area contributed by atoms with Gasteiger partial charge in [0.05, 0.1) is 4.90 Å². The minimum Gasteiger partial charge on any atom is -0.289 e. The van der Waals surface area contributed by atoms with Crippen LogP contribution in [0.4, 0.5) is 0 Å². The van der Waals surface area contributed by atoms with Gasteiger partial charge in [-0.25, -0.2) is 8.42 Å². The Morgan fingerprint density at radius 2 is 1.56 bits per heavy atom. The number of rotatable bonds is 5. The van der Waals surface area contributed by atoms with Gasteiger partial charge in [0.1, 0.15) is 0 Å². The normalized spacial score (nSPS) is 12.1. The summed E-state index contributed by atoms with van der Waals surface area (Å²) in [5.41, 5.74) is 1.86. The van der Waals surface area contributed by atoms with Crippen LogP contribution >= 0.6 is 11.3 Å². The number of thiophene rings is 1. The molecule has 0 saturated heterocycles. The summed E-state index contributed by atoms with van der Waals surface area (Å²) in [6, 6.07) is 19.4. The smallest absolute Gasteiger partial charge is 0.193 e. The predicted octanol–water partition coefficient (Wildman–Crippen LogP) is 4.58. The van der Waals surface area contributed by atoms with Crippen LogP contribution in [0.1, 0.15) is 20.8 Å². The lowest BCUT2D eigenvalue weighted by Crippen LogP contribution is -2.04. The maximum absolute atomic E-state index is 13.0. The summed E-state index contributed by atoms with van der Waals surface area (Å²) in [5.74, 6) is -0.139. The molecule has 0 aliphatic heterocycles. The van der Waals surface area contributed by atoms with Crippen molar-refractivity contribution in [2.24, 2.45) is 0 Å². The molecule has 0 N–H and O–H groups in total. The molecule has 126 valence electrons. The van der Waals surface area contributed by atoms with Gasteiger partial charge in [-0.3, -0.25) is 4.79 Å². The third-order valence-electron chi connectivity index (χ3n) is 3.70. The fraction of sp³-hybridized carbons (Fsp3) is 0.0500. The first kappa shape index (κ1) is 17.3. The first-order valence-corrected chi connectivity index (χ1v) is 10.4. The maximum atomic E-state index is 13.0. The van der Waals surface area contributed by atoms with E-state index < -0.39 is 9.84 Å². The number of Topliss-reactive ketones (excluding diaryl/α,β-unsaturated/α-hetero) is 1. The molecule has 1 heterocycles. The average molecular weight is 368 g/mol. The van der Waals surface area contributed by atoms with Crippen LogP contribution in [0, 0.1) is 0 Å². The fourth-order valence-electron chi connectivity index (χ4n) is 2.42. The van der Waals surface area contributed by atoms with Crippen LogP contribution in [-0.2, 0) is 9.84 Å². The number of sulfone groups is 1. The lowest BCUT2D eigenvalue weighted by molar-refractivity contribution is 0.105. The van der Waals surface area contributed by atoms with Gasteiger partial charge in [-0.15, -0.1) is 11.3 Å². The summed E-state index contributed by atoms with van der Waals surface area (Å²) in [6.07, 6.45) is 3.02. The van der Waals surface area contributed by atoms with E-state index in [9.17, 15) is 13.2 Å². The van der Waals surface area contributed by atoms with Gasteiger partial charge in [-0.1, -0.05) is 36.4 Å². The highest BCUT2D eigenvalue weighted by Crippen LogP contribution is 2.25. The number of hydrogen-bond acceptors (Lipinski definition) is 4. The zero-order valence-corrected chi connectivity index (χ0v) is 15.2. The van der Waals surface area contributed by atoms with E-state index in [-0.39, 0.29) is 10.7 Å². The largest absolute Gasteiger partial charge is 0.289 e. The molecule has 2 aromatic carbocycles. The van der Waals surface area contributed by atoms with Crippen molar-refractivity contribution in [3.63, 3.8) is 0 Å². The molecule has 0 bridgehead atoms.